The Labute approximate surface area is 52.7 Å². The maximum atomic E-state index is 0. The predicted octanol–water partition coefficient (Wildman–Crippen LogP) is 1.10. The molecular formula is H3Br2ClN. The third kappa shape index (κ3) is 10.7. The fraction of sp³-hybridized carbons (Fsp3) is 0. The van der Waals surface area contributed by atoms with E-state index in [2.05, 4.69) is 0 Å². The second-order valence-corrected chi connectivity index (χ2v) is 0. The molecule has 0 heterocycles. The Balaban J connectivity index is 0. The summed E-state index contributed by atoms with van der Waals surface area (Å²) in [4.78, 5) is 0. The van der Waals surface area contributed by atoms with Crippen LogP contribution in [0.5, 0.6) is 0 Å². The molecule has 29 valence electrons. The average molecular weight is 212 g/mol. The fourth-order valence-electron chi connectivity index (χ4n) is 0. The van der Waals surface area contributed by atoms with Crippen molar-refractivity contribution < 1.29 is 0 Å². The maximum Gasteiger partial charge on any atom is 0 e. The molecule has 0 aliphatic heterocycles. The molecule has 0 saturated heterocycles. The van der Waals surface area contributed by atoms with E-state index in [0.29, 0.717) is 0 Å². The fourth-order valence-corrected chi connectivity index (χ4v) is 0. The van der Waals surface area contributed by atoms with Gasteiger partial charge in [0.1, 0.15) is 0 Å². The number of rotatable bonds is 0. The van der Waals surface area contributed by atoms with Gasteiger partial charge < -0.3 is 0 Å². The van der Waals surface area contributed by atoms with Crippen LogP contribution in [-0.4, -0.2) is 0 Å². The molecule has 0 atom stereocenters. The molecule has 0 unspecified atom stereocenters. The van der Waals surface area contributed by atoms with Crippen molar-refractivity contribution in [2.75, 3.05) is 0 Å². The zero-order valence-corrected chi connectivity index (χ0v) is 5.91. The lowest BCUT2D eigenvalue weighted by atomic mass is 14.0. The molecule has 0 spiro atoms. The third-order valence-corrected chi connectivity index (χ3v) is 0. The molecule has 0 N–H and O–H groups in total. The number of hydrogen-bond donors (Lipinski definition) is 0. The summed E-state index contributed by atoms with van der Waals surface area (Å²) < 4.78 is 0. The summed E-state index contributed by atoms with van der Waals surface area (Å²) in [5.41, 5.74) is 0. The van der Waals surface area contributed by atoms with Crippen LogP contribution in [0.1, 0.15) is 0 Å². The van der Waals surface area contributed by atoms with Crippen molar-refractivity contribution >= 4 is 46.4 Å². The van der Waals surface area contributed by atoms with Crippen LogP contribution in [0.3, 0.4) is 0 Å². The number of halogens is 3. The second kappa shape index (κ2) is 29.6. The molecule has 0 aromatic rings. The Morgan fingerprint density at radius 3 is 0.750 bits per heavy atom. The van der Waals surface area contributed by atoms with Crippen molar-refractivity contribution in [3.63, 3.8) is 0 Å². The van der Waals surface area contributed by atoms with E-state index in [1.165, 1.54) is 0 Å². The highest BCUT2D eigenvalue weighted by Gasteiger charge is 0.0000248. The van der Waals surface area contributed by atoms with Gasteiger partial charge in [-0.3, -0.25) is 0 Å². The molecule has 3 radical (unpaired) electrons. The first-order valence-electron chi connectivity index (χ1n) is 0. The lowest BCUT2D eigenvalue weighted by Gasteiger charge is -0.147. The van der Waals surface area contributed by atoms with Crippen LogP contribution in [0.2, 0.25) is 0 Å². The van der Waals surface area contributed by atoms with E-state index in [1.807, 2.05) is 0 Å². The Morgan fingerprint density at radius 2 is 0.750 bits per heavy atom. The van der Waals surface area contributed by atoms with Gasteiger partial charge in [-0.2, -0.15) is 0 Å². The van der Waals surface area contributed by atoms with Gasteiger partial charge in [0, 0.05) is 6.15 Å². The van der Waals surface area contributed by atoms with Crippen LogP contribution >= 0.6 is 46.4 Å². The van der Waals surface area contributed by atoms with Gasteiger partial charge in [-0.15, -0.1) is 46.4 Å². The highest BCUT2D eigenvalue weighted by atomic mass is 79.9. The van der Waals surface area contributed by atoms with Gasteiger partial charge in [0.15, 0.2) is 0 Å². The Bertz CT molecular complexity index is 6.00. The molecule has 0 fully saturated rings. The Morgan fingerprint density at radius 1 is 0.750 bits per heavy atom. The largest absolute Gasteiger partial charge is 0.147 e. The quantitative estimate of drug-likeness (QED) is 0.575. The summed E-state index contributed by atoms with van der Waals surface area (Å²) in [5.74, 6) is 0. The van der Waals surface area contributed by atoms with Crippen LogP contribution in [0.4, 0.5) is 0 Å². The highest BCUT2D eigenvalue weighted by Crippen LogP contribution is 0.847. The van der Waals surface area contributed by atoms with Gasteiger partial charge in [-0.25, -0.2) is 0 Å². The van der Waals surface area contributed by atoms with Gasteiger partial charge in [0.05, 0.1) is 0 Å². The molecule has 1 nitrogen and oxygen atoms in total. The first-order chi connectivity index (χ1) is 0. The molecule has 0 aromatic carbocycles. The van der Waals surface area contributed by atoms with Gasteiger partial charge in [0.2, 0.25) is 0 Å². The molecule has 0 rings (SSSR count). The summed E-state index contributed by atoms with van der Waals surface area (Å²) in [6.45, 7) is 0. The zero-order valence-electron chi connectivity index (χ0n) is 1.67. The SMILES string of the molecule is Br.Br.Cl.[N]. The van der Waals surface area contributed by atoms with E-state index in [4.69, 9.17) is 0 Å². The van der Waals surface area contributed by atoms with Crippen molar-refractivity contribution in [3.05, 3.63) is 0 Å². The number of nitrogens with zero attached hydrogens (tertiary/aromatic N) is 1. The Kier molecular flexibility index (Phi) is 467. The topological polar surface area (TPSA) is 30.5 Å². The monoisotopic (exact) mass is 210 g/mol. The summed E-state index contributed by atoms with van der Waals surface area (Å²) in [7, 11) is 0. The van der Waals surface area contributed by atoms with Crippen molar-refractivity contribution in [1.29, 1.82) is 0 Å². The van der Waals surface area contributed by atoms with Crippen LogP contribution < -0.4 is 6.15 Å². The van der Waals surface area contributed by atoms with E-state index in [0.717, 1.165) is 0 Å². The third-order valence-electron chi connectivity index (χ3n) is 0. The van der Waals surface area contributed by atoms with Crippen molar-refractivity contribution in [2.45, 2.75) is 0 Å². The first-order valence-corrected chi connectivity index (χ1v) is 0. The molecule has 0 amide bonds. The minimum atomic E-state index is 0. The molecule has 0 bridgehead atoms. The first kappa shape index (κ1) is 63.1. The minimum absolute atomic E-state index is 0. The van der Waals surface area contributed by atoms with E-state index in [1.54, 1.807) is 0 Å². The molecule has 0 saturated carbocycles. The Hall–Kier alpha value is 1.21. The van der Waals surface area contributed by atoms with Gasteiger partial charge >= 0.3 is 0 Å². The predicted molar refractivity (Wildman–Crippen MR) is 30.0 cm³/mol. The van der Waals surface area contributed by atoms with Gasteiger partial charge in [0.25, 0.3) is 0 Å². The molecule has 4 heteroatoms. The van der Waals surface area contributed by atoms with Gasteiger partial charge in [-0.05, 0) is 0 Å². The molecular weight excluding hydrogens is 209 g/mol. The van der Waals surface area contributed by atoms with E-state index in [9.17, 15) is 0 Å². The summed E-state index contributed by atoms with van der Waals surface area (Å²) in [6, 6.07) is 0. The highest BCUT2D eigenvalue weighted by molar-refractivity contribution is 8.93. The van der Waals surface area contributed by atoms with E-state index < -0.39 is 0 Å². The standard InChI is InChI=1S/2BrH.ClH.N/h3*1H;. The molecule has 4 heavy (non-hydrogen) atoms. The van der Waals surface area contributed by atoms with Crippen LogP contribution in [0, 0.1) is 0 Å². The van der Waals surface area contributed by atoms with Crippen LogP contribution in [0.25, 0.3) is 0 Å². The lowest BCUT2D eigenvalue weighted by Crippen LogP contribution is -0.481. The average Bonchev–Trinajstić information content (AvgIpc) is 0. The van der Waals surface area contributed by atoms with Gasteiger partial charge in [-0.1, -0.05) is 0 Å². The maximum absolute atomic E-state index is 0. The minimum Gasteiger partial charge on any atom is -0.147 e. The normalized spacial score (nSPS) is 0. The molecule has 0 aromatic heterocycles. The van der Waals surface area contributed by atoms with Crippen molar-refractivity contribution in [2.24, 2.45) is 0 Å². The summed E-state index contributed by atoms with van der Waals surface area (Å²) in [5, 5.41) is 0. The molecule has 0 aliphatic rings. The summed E-state index contributed by atoms with van der Waals surface area (Å²) in [6.07, 6.45) is 0. The van der Waals surface area contributed by atoms with Crippen molar-refractivity contribution in [1.82, 2.24) is 6.15 Å². The van der Waals surface area contributed by atoms with E-state index >= 15 is 0 Å². The second-order valence-electron chi connectivity index (χ2n) is 0. The smallest absolute Gasteiger partial charge is 0 e. The van der Waals surface area contributed by atoms with Crippen LogP contribution in [0.15, 0.2) is 0 Å². The molecule has 0 aliphatic carbocycles. The van der Waals surface area contributed by atoms with Crippen molar-refractivity contribution in [3.8, 4) is 0 Å². The number of hydrogen-bond acceptors (Lipinski definition) is 0. The lowest BCUT2D eigenvalue weighted by molar-refractivity contribution is 2.13. The van der Waals surface area contributed by atoms with E-state index in [-0.39, 0.29) is 52.5 Å². The zero-order chi connectivity index (χ0) is 0. The van der Waals surface area contributed by atoms with Crippen LogP contribution in [-0.2, 0) is 0 Å². The summed E-state index contributed by atoms with van der Waals surface area (Å²) >= 11 is 0.